The molecule has 2 aromatic rings. The number of benzene rings is 1. The molecule has 0 radical (unpaired) electrons. The summed E-state index contributed by atoms with van der Waals surface area (Å²) in [7, 11) is 0. The molecular formula is C23H27F3N4O. The van der Waals surface area contributed by atoms with Gasteiger partial charge in [0.05, 0.1) is 11.8 Å². The molecule has 4 atom stereocenters. The Morgan fingerprint density at radius 1 is 1.03 bits per heavy atom. The molecule has 5 nitrogen and oxygen atoms in total. The van der Waals surface area contributed by atoms with E-state index in [2.05, 4.69) is 20.4 Å². The second-order valence-electron chi connectivity index (χ2n) is 9.09. The predicted molar refractivity (Wildman–Crippen MR) is 111 cm³/mol. The number of ether oxygens (including phenoxy) is 1. The summed E-state index contributed by atoms with van der Waals surface area (Å²) in [5.74, 6) is -1.25. The van der Waals surface area contributed by atoms with Crippen molar-refractivity contribution >= 4 is 5.82 Å². The number of aromatic nitrogens is 2. The molecule has 1 aromatic carbocycles. The van der Waals surface area contributed by atoms with Gasteiger partial charge in [-0.3, -0.25) is 0 Å². The Balaban J connectivity index is 1.16. The van der Waals surface area contributed by atoms with Crippen LogP contribution in [-0.2, 0) is 4.74 Å². The Bertz CT molecular complexity index is 906. The van der Waals surface area contributed by atoms with Crippen molar-refractivity contribution < 1.29 is 17.9 Å². The molecule has 0 bridgehead atoms. The minimum atomic E-state index is -1.24. The van der Waals surface area contributed by atoms with E-state index in [0.29, 0.717) is 35.9 Å². The third-order valence-electron chi connectivity index (χ3n) is 6.85. The molecule has 1 aromatic heterocycles. The lowest BCUT2D eigenvalue weighted by molar-refractivity contribution is -0.00303. The molecule has 3 fully saturated rings. The van der Waals surface area contributed by atoms with Crippen LogP contribution >= 0.6 is 0 Å². The van der Waals surface area contributed by atoms with Crippen molar-refractivity contribution in [2.75, 3.05) is 31.6 Å². The lowest BCUT2D eigenvalue weighted by atomic mass is 10.0. The first-order chi connectivity index (χ1) is 15.0. The Morgan fingerprint density at radius 2 is 1.84 bits per heavy atom. The highest BCUT2D eigenvalue weighted by Crippen LogP contribution is 2.39. The summed E-state index contributed by atoms with van der Waals surface area (Å²) in [5.41, 5.74) is -0.126. The number of rotatable bonds is 5. The summed E-state index contributed by atoms with van der Waals surface area (Å²) in [6, 6.07) is 4.99. The average molecular weight is 432 g/mol. The van der Waals surface area contributed by atoms with Crippen LogP contribution in [0.3, 0.4) is 0 Å². The van der Waals surface area contributed by atoms with Gasteiger partial charge in [-0.1, -0.05) is 0 Å². The molecule has 2 aliphatic heterocycles. The largest absolute Gasteiger partial charge is 0.377 e. The van der Waals surface area contributed by atoms with Crippen LogP contribution in [0.15, 0.2) is 24.3 Å². The Morgan fingerprint density at radius 3 is 2.52 bits per heavy atom. The van der Waals surface area contributed by atoms with Crippen molar-refractivity contribution in [2.45, 2.75) is 44.2 Å². The van der Waals surface area contributed by atoms with Crippen LogP contribution in [0.1, 0.15) is 32.1 Å². The number of hydrogen-bond donors (Lipinski definition) is 1. The summed E-state index contributed by atoms with van der Waals surface area (Å²) in [6.45, 7) is 4.20. The number of hydrogen-bond acceptors (Lipinski definition) is 5. The summed E-state index contributed by atoms with van der Waals surface area (Å²) in [6.07, 6.45) is 6.20. The van der Waals surface area contributed by atoms with Gasteiger partial charge in [0, 0.05) is 43.9 Å². The van der Waals surface area contributed by atoms with Crippen LogP contribution in [0.5, 0.6) is 0 Å². The lowest BCUT2D eigenvalue weighted by Gasteiger charge is -2.28. The van der Waals surface area contributed by atoms with Gasteiger partial charge in [-0.15, -0.1) is 10.2 Å². The van der Waals surface area contributed by atoms with Gasteiger partial charge < -0.3 is 15.0 Å². The first-order valence-electron chi connectivity index (χ1n) is 11.1. The molecular weight excluding hydrogens is 405 g/mol. The van der Waals surface area contributed by atoms with Crippen LogP contribution in [0.4, 0.5) is 19.0 Å². The zero-order valence-electron chi connectivity index (χ0n) is 17.4. The van der Waals surface area contributed by atoms with E-state index in [1.807, 2.05) is 0 Å². The van der Waals surface area contributed by atoms with Gasteiger partial charge in [-0.2, -0.15) is 0 Å². The SMILES string of the molecule is Fc1cc(F)c(F)c(-c2ccc(NC3C[C@@H]4CN(C[C@@H]5CCCCO5)C[C@@H]4C3)nn2)c1. The van der Waals surface area contributed by atoms with E-state index in [9.17, 15) is 13.2 Å². The van der Waals surface area contributed by atoms with Crippen molar-refractivity contribution in [2.24, 2.45) is 11.8 Å². The number of fused-ring (bicyclic) bond motifs is 1. The predicted octanol–water partition coefficient (Wildman–Crippen LogP) is 4.25. The van der Waals surface area contributed by atoms with Gasteiger partial charge in [0.1, 0.15) is 11.6 Å². The number of nitrogens with one attached hydrogen (secondary N) is 1. The molecule has 3 heterocycles. The minimum Gasteiger partial charge on any atom is -0.377 e. The van der Waals surface area contributed by atoms with E-state index in [4.69, 9.17) is 4.74 Å². The molecule has 31 heavy (non-hydrogen) atoms. The summed E-state index contributed by atoms with van der Waals surface area (Å²) in [4.78, 5) is 2.56. The molecule has 5 rings (SSSR count). The molecule has 3 aliphatic rings. The molecule has 8 heteroatoms. The topological polar surface area (TPSA) is 50.3 Å². The van der Waals surface area contributed by atoms with Gasteiger partial charge in [-0.25, -0.2) is 13.2 Å². The van der Waals surface area contributed by atoms with E-state index in [-0.39, 0.29) is 11.3 Å². The normalized spacial score (nSPS) is 28.6. The third kappa shape index (κ3) is 4.55. The highest BCUT2D eigenvalue weighted by Gasteiger charge is 2.41. The molecule has 166 valence electrons. The van der Waals surface area contributed by atoms with Crippen molar-refractivity contribution in [1.29, 1.82) is 0 Å². The molecule has 0 spiro atoms. The van der Waals surface area contributed by atoms with Crippen LogP contribution in [-0.4, -0.2) is 53.5 Å². The lowest BCUT2D eigenvalue weighted by Crippen LogP contribution is -2.35. The molecule has 1 unspecified atom stereocenters. The quantitative estimate of drug-likeness (QED) is 0.716. The van der Waals surface area contributed by atoms with Crippen molar-refractivity contribution in [3.63, 3.8) is 0 Å². The molecule has 1 N–H and O–H groups in total. The fraction of sp³-hybridized carbons (Fsp3) is 0.565. The van der Waals surface area contributed by atoms with Gasteiger partial charge in [-0.05, 0) is 62.1 Å². The Kier molecular flexibility index (Phi) is 5.84. The van der Waals surface area contributed by atoms with E-state index >= 15 is 0 Å². The van der Waals surface area contributed by atoms with Gasteiger partial charge in [0.2, 0.25) is 0 Å². The fourth-order valence-corrected chi connectivity index (χ4v) is 5.41. The zero-order valence-corrected chi connectivity index (χ0v) is 17.4. The van der Waals surface area contributed by atoms with Crippen molar-refractivity contribution in [1.82, 2.24) is 15.1 Å². The van der Waals surface area contributed by atoms with Crippen molar-refractivity contribution in [3.8, 4) is 11.3 Å². The summed E-state index contributed by atoms with van der Waals surface area (Å²) >= 11 is 0. The van der Waals surface area contributed by atoms with Crippen molar-refractivity contribution in [3.05, 3.63) is 41.7 Å². The first kappa shape index (κ1) is 20.7. The van der Waals surface area contributed by atoms with E-state index in [1.165, 1.54) is 25.3 Å². The zero-order chi connectivity index (χ0) is 21.4. The Hall–Kier alpha value is -2.19. The van der Waals surface area contributed by atoms with Gasteiger partial charge in [0.25, 0.3) is 0 Å². The first-order valence-corrected chi connectivity index (χ1v) is 11.1. The highest BCUT2D eigenvalue weighted by molar-refractivity contribution is 5.60. The molecule has 1 aliphatic carbocycles. The van der Waals surface area contributed by atoms with Gasteiger partial charge in [0.15, 0.2) is 11.6 Å². The summed E-state index contributed by atoms with van der Waals surface area (Å²) < 4.78 is 46.8. The Labute approximate surface area is 180 Å². The van der Waals surface area contributed by atoms with Crippen LogP contribution in [0, 0.1) is 29.3 Å². The number of nitrogens with zero attached hydrogens (tertiary/aromatic N) is 3. The number of likely N-dealkylation sites (tertiary alicyclic amines) is 1. The van der Waals surface area contributed by atoms with E-state index in [0.717, 1.165) is 45.1 Å². The van der Waals surface area contributed by atoms with E-state index < -0.39 is 17.5 Å². The number of anilines is 1. The number of halogens is 3. The highest BCUT2D eigenvalue weighted by atomic mass is 19.2. The molecule has 2 saturated heterocycles. The smallest absolute Gasteiger partial charge is 0.168 e. The fourth-order valence-electron chi connectivity index (χ4n) is 5.41. The second-order valence-corrected chi connectivity index (χ2v) is 9.09. The third-order valence-corrected chi connectivity index (χ3v) is 6.85. The van der Waals surface area contributed by atoms with Gasteiger partial charge >= 0.3 is 0 Å². The second kappa shape index (κ2) is 8.74. The summed E-state index contributed by atoms with van der Waals surface area (Å²) in [5, 5.41) is 11.5. The maximum absolute atomic E-state index is 14.0. The molecule has 1 saturated carbocycles. The average Bonchev–Trinajstić information content (AvgIpc) is 3.30. The molecule has 0 amide bonds. The van der Waals surface area contributed by atoms with Crippen LogP contribution < -0.4 is 5.32 Å². The maximum atomic E-state index is 14.0. The van der Waals surface area contributed by atoms with E-state index in [1.54, 1.807) is 6.07 Å². The van der Waals surface area contributed by atoms with Crippen LogP contribution in [0.2, 0.25) is 0 Å². The van der Waals surface area contributed by atoms with Crippen LogP contribution in [0.25, 0.3) is 11.3 Å². The monoisotopic (exact) mass is 432 g/mol. The minimum absolute atomic E-state index is 0.102. The standard InChI is InChI=1S/C23H27F3N4O/c24-16-9-19(23(26)20(25)10-16)21-4-5-22(29-28-21)27-17-7-14-11-30(12-15(14)8-17)13-18-3-1-2-6-31-18/h4-5,9-10,14-15,17-18H,1-3,6-8,11-13H2,(H,27,29)/t14-,15+,17?,18-/m0/s1. The maximum Gasteiger partial charge on any atom is 0.168 e.